The summed E-state index contributed by atoms with van der Waals surface area (Å²) < 4.78 is 0. The van der Waals surface area contributed by atoms with Crippen LogP contribution in [0.15, 0.2) is 18.2 Å². The number of aliphatic hydroxyl groups is 1. The van der Waals surface area contributed by atoms with E-state index in [0.717, 1.165) is 30.6 Å². The molecule has 0 aliphatic heterocycles. The molecule has 0 saturated carbocycles. The van der Waals surface area contributed by atoms with Crippen LogP contribution in [-0.2, 0) is 0 Å². The second kappa shape index (κ2) is 6.52. The largest absolute Gasteiger partial charge is 0.396 e. The molecule has 0 heterocycles. The third kappa shape index (κ3) is 4.87. The lowest BCUT2D eigenvalue weighted by atomic mass is 9.88. The van der Waals surface area contributed by atoms with Gasteiger partial charge in [-0.25, -0.2) is 0 Å². The molecule has 0 spiro atoms. The molecule has 1 rings (SSSR count). The minimum Gasteiger partial charge on any atom is -0.396 e. The summed E-state index contributed by atoms with van der Waals surface area (Å²) in [5, 5.41) is 22.8. The van der Waals surface area contributed by atoms with Crippen molar-refractivity contribution in [1.29, 1.82) is 0 Å². The maximum Gasteiger partial charge on any atom is 0.269 e. The average molecular weight is 266 g/mol. The number of anilines is 1. The number of hydrogen-bond donors (Lipinski definition) is 2. The molecule has 0 aromatic heterocycles. The van der Waals surface area contributed by atoms with Gasteiger partial charge in [0.1, 0.15) is 0 Å². The van der Waals surface area contributed by atoms with Gasteiger partial charge in [-0.15, -0.1) is 0 Å². The van der Waals surface area contributed by atoms with Gasteiger partial charge in [-0.3, -0.25) is 10.1 Å². The number of nitrogens with one attached hydrogen (secondary N) is 1. The highest BCUT2D eigenvalue weighted by Crippen LogP contribution is 2.25. The van der Waals surface area contributed by atoms with Crippen LogP contribution in [0.5, 0.6) is 0 Å². The second-order valence-corrected chi connectivity index (χ2v) is 5.60. The van der Waals surface area contributed by atoms with E-state index >= 15 is 0 Å². The molecule has 5 heteroatoms. The van der Waals surface area contributed by atoms with Crippen molar-refractivity contribution in [3.63, 3.8) is 0 Å². The van der Waals surface area contributed by atoms with Crippen molar-refractivity contribution in [2.75, 3.05) is 18.5 Å². The van der Waals surface area contributed by atoms with E-state index in [-0.39, 0.29) is 22.6 Å². The van der Waals surface area contributed by atoms with Crippen LogP contribution in [0.25, 0.3) is 0 Å². The van der Waals surface area contributed by atoms with Crippen molar-refractivity contribution in [1.82, 2.24) is 0 Å². The first-order valence-corrected chi connectivity index (χ1v) is 6.45. The van der Waals surface area contributed by atoms with Gasteiger partial charge < -0.3 is 10.4 Å². The topological polar surface area (TPSA) is 75.4 Å². The Bertz CT molecular complexity index is 444. The summed E-state index contributed by atoms with van der Waals surface area (Å²) in [5.74, 6) is 0. The van der Waals surface area contributed by atoms with Gasteiger partial charge in [0.15, 0.2) is 0 Å². The molecule has 0 saturated heterocycles. The second-order valence-electron chi connectivity index (χ2n) is 5.60. The molecule has 0 bridgehead atoms. The molecular weight excluding hydrogens is 244 g/mol. The van der Waals surface area contributed by atoms with E-state index in [1.54, 1.807) is 12.1 Å². The van der Waals surface area contributed by atoms with Crippen molar-refractivity contribution in [2.45, 2.75) is 33.6 Å². The van der Waals surface area contributed by atoms with E-state index in [0.29, 0.717) is 0 Å². The zero-order valence-electron chi connectivity index (χ0n) is 11.8. The lowest BCUT2D eigenvalue weighted by Crippen LogP contribution is -2.23. The van der Waals surface area contributed by atoms with Crippen molar-refractivity contribution in [3.05, 3.63) is 33.9 Å². The Labute approximate surface area is 113 Å². The average Bonchev–Trinajstić information content (AvgIpc) is 2.35. The van der Waals surface area contributed by atoms with Crippen LogP contribution in [0.1, 0.15) is 32.3 Å². The highest BCUT2D eigenvalue weighted by atomic mass is 16.6. The Morgan fingerprint density at radius 3 is 2.63 bits per heavy atom. The summed E-state index contributed by atoms with van der Waals surface area (Å²) in [6.45, 7) is 7.11. The Hall–Kier alpha value is -1.62. The van der Waals surface area contributed by atoms with Gasteiger partial charge in [0.05, 0.1) is 4.92 Å². The van der Waals surface area contributed by atoms with E-state index in [1.165, 1.54) is 6.07 Å². The number of rotatable bonds is 7. The zero-order chi connectivity index (χ0) is 14.5. The number of benzene rings is 1. The van der Waals surface area contributed by atoms with Gasteiger partial charge in [0.2, 0.25) is 0 Å². The third-order valence-electron chi connectivity index (χ3n) is 3.19. The lowest BCUT2D eigenvalue weighted by Gasteiger charge is -2.25. The van der Waals surface area contributed by atoms with Crippen molar-refractivity contribution in [2.24, 2.45) is 5.41 Å². The molecule has 0 fully saturated rings. The first-order valence-electron chi connectivity index (χ1n) is 6.45. The summed E-state index contributed by atoms with van der Waals surface area (Å²) in [6.07, 6.45) is 1.72. The fourth-order valence-electron chi connectivity index (χ4n) is 1.94. The normalized spacial score (nSPS) is 11.4. The van der Waals surface area contributed by atoms with Crippen LogP contribution in [0.2, 0.25) is 0 Å². The summed E-state index contributed by atoms with van der Waals surface area (Å²) in [4.78, 5) is 10.3. The number of aryl methyl sites for hydroxylation is 1. The smallest absolute Gasteiger partial charge is 0.269 e. The number of aliphatic hydroxyl groups excluding tert-OH is 1. The molecule has 19 heavy (non-hydrogen) atoms. The molecule has 0 radical (unpaired) electrons. The van der Waals surface area contributed by atoms with Gasteiger partial charge in [0.25, 0.3) is 5.69 Å². The van der Waals surface area contributed by atoms with Crippen LogP contribution in [0.4, 0.5) is 11.4 Å². The van der Waals surface area contributed by atoms with Crippen molar-refractivity contribution in [3.8, 4) is 0 Å². The highest BCUT2D eigenvalue weighted by molar-refractivity contribution is 5.55. The fourth-order valence-corrected chi connectivity index (χ4v) is 1.94. The zero-order valence-corrected chi connectivity index (χ0v) is 11.8. The maximum absolute atomic E-state index is 10.7. The van der Waals surface area contributed by atoms with E-state index < -0.39 is 0 Å². The predicted octanol–water partition coefficient (Wildman–Crippen LogP) is 3.11. The molecule has 2 N–H and O–H groups in total. The summed E-state index contributed by atoms with van der Waals surface area (Å²) >= 11 is 0. The van der Waals surface area contributed by atoms with Crippen LogP contribution < -0.4 is 5.32 Å². The minimum absolute atomic E-state index is 0.0803. The van der Waals surface area contributed by atoms with E-state index in [2.05, 4.69) is 19.2 Å². The lowest BCUT2D eigenvalue weighted by molar-refractivity contribution is -0.384. The van der Waals surface area contributed by atoms with Crippen molar-refractivity contribution < 1.29 is 10.0 Å². The monoisotopic (exact) mass is 266 g/mol. The maximum atomic E-state index is 10.7. The molecular formula is C14H22N2O3. The molecule has 0 atom stereocenters. The molecule has 0 unspecified atom stereocenters. The van der Waals surface area contributed by atoms with Gasteiger partial charge in [-0.2, -0.15) is 0 Å². The van der Waals surface area contributed by atoms with Crippen LogP contribution in [0.3, 0.4) is 0 Å². The Morgan fingerprint density at radius 1 is 1.42 bits per heavy atom. The Kier molecular flexibility index (Phi) is 5.30. The molecule has 0 amide bonds. The standard InChI is InChI=1S/C14H22N2O3/c1-11-9-12(16(18)19)5-6-13(11)15-10-14(2,3)7-4-8-17/h5-6,9,15,17H,4,7-8,10H2,1-3H3. The predicted molar refractivity (Wildman–Crippen MR) is 76.4 cm³/mol. The quantitative estimate of drug-likeness (QED) is 0.587. The number of hydrogen-bond acceptors (Lipinski definition) is 4. The number of nitro benzene ring substituents is 1. The van der Waals surface area contributed by atoms with Crippen LogP contribution in [0, 0.1) is 22.5 Å². The Morgan fingerprint density at radius 2 is 2.11 bits per heavy atom. The fraction of sp³-hybridized carbons (Fsp3) is 0.571. The summed E-state index contributed by atoms with van der Waals surface area (Å²) in [5.41, 5.74) is 1.98. The molecule has 1 aromatic carbocycles. The molecule has 0 aliphatic carbocycles. The van der Waals surface area contributed by atoms with Gasteiger partial charge in [-0.1, -0.05) is 13.8 Å². The number of non-ortho nitro benzene ring substituents is 1. The molecule has 0 aliphatic rings. The molecule has 106 valence electrons. The summed E-state index contributed by atoms with van der Waals surface area (Å²) in [6, 6.07) is 4.83. The van der Waals surface area contributed by atoms with Crippen molar-refractivity contribution >= 4 is 11.4 Å². The van der Waals surface area contributed by atoms with E-state index in [9.17, 15) is 10.1 Å². The molecule has 5 nitrogen and oxygen atoms in total. The van der Waals surface area contributed by atoms with Crippen LogP contribution >= 0.6 is 0 Å². The first kappa shape index (κ1) is 15.4. The number of nitro groups is 1. The highest BCUT2D eigenvalue weighted by Gasteiger charge is 2.17. The van der Waals surface area contributed by atoms with Gasteiger partial charge in [0, 0.05) is 31.0 Å². The number of nitrogens with zero attached hydrogens (tertiary/aromatic N) is 1. The van der Waals surface area contributed by atoms with E-state index in [1.807, 2.05) is 6.92 Å². The summed E-state index contributed by atoms with van der Waals surface area (Å²) in [7, 11) is 0. The minimum atomic E-state index is -0.387. The SMILES string of the molecule is Cc1cc([N+](=O)[O-])ccc1NCC(C)(C)CCCO. The van der Waals surface area contributed by atoms with Crippen LogP contribution in [-0.4, -0.2) is 23.2 Å². The van der Waals surface area contributed by atoms with E-state index in [4.69, 9.17) is 5.11 Å². The molecule has 1 aromatic rings. The third-order valence-corrected chi connectivity index (χ3v) is 3.19. The Balaban J connectivity index is 2.65. The van der Waals surface area contributed by atoms with Gasteiger partial charge in [-0.05, 0) is 36.8 Å². The first-order chi connectivity index (χ1) is 8.85. The van der Waals surface area contributed by atoms with Gasteiger partial charge >= 0.3 is 0 Å².